The zero-order valence-electron chi connectivity index (χ0n) is 21.1. The van der Waals surface area contributed by atoms with Crippen LogP contribution in [0.2, 0.25) is 0 Å². The van der Waals surface area contributed by atoms with Gasteiger partial charge < -0.3 is 9.80 Å². The molecule has 0 radical (unpaired) electrons. The van der Waals surface area contributed by atoms with E-state index in [0.29, 0.717) is 36.0 Å². The Kier molecular flexibility index (Phi) is 9.53. The van der Waals surface area contributed by atoms with Crippen molar-refractivity contribution in [3.8, 4) is 10.6 Å². The maximum absolute atomic E-state index is 13.4. The van der Waals surface area contributed by atoms with Crippen LogP contribution in [0.15, 0.2) is 47.6 Å². The molecule has 2 aliphatic heterocycles. The Morgan fingerprint density at radius 1 is 0.974 bits per heavy atom. The quantitative estimate of drug-likeness (QED) is 0.361. The number of fused-ring (bicyclic) bond motifs is 1. The number of hydrogen-bond donors (Lipinski definition) is 1. The van der Waals surface area contributed by atoms with Gasteiger partial charge in [-0.15, -0.1) is 36.2 Å². The summed E-state index contributed by atoms with van der Waals surface area (Å²) in [6, 6.07) is 9.05. The van der Waals surface area contributed by atoms with Gasteiger partial charge in [0.1, 0.15) is 9.88 Å². The van der Waals surface area contributed by atoms with Crippen molar-refractivity contribution in [1.82, 2.24) is 24.1 Å². The minimum Gasteiger partial charge on any atom is -0.356 e. The van der Waals surface area contributed by atoms with Crippen molar-refractivity contribution in [2.75, 3.05) is 32.7 Å². The van der Waals surface area contributed by atoms with Crippen molar-refractivity contribution in [3.63, 3.8) is 0 Å². The Morgan fingerprint density at radius 2 is 1.66 bits per heavy atom. The molecule has 0 spiro atoms. The largest absolute Gasteiger partial charge is 0.356 e. The van der Waals surface area contributed by atoms with Gasteiger partial charge in [0.15, 0.2) is 0 Å². The van der Waals surface area contributed by atoms with Crippen molar-refractivity contribution in [2.24, 2.45) is 0 Å². The Hall–Kier alpha value is -2.57. The van der Waals surface area contributed by atoms with E-state index in [-0.39, 0.29) is 48.7 Å². The zero-order chi connectivity index (χ0) is 25.4. The molecule has 3 aromatic rings. The maximum atomic E-state index is 13.4. The van der Waals surface area contributed by atoms with E-state index in [2.05, 4.69) is 9.97 Å². The van der Waals surface area contributed by atoms with E-state index in [1.54, 1.807) is 36.4 Å². The van der Waals surface area contributed by atoms with E-state index >= 15 is 0 Å². The second kappa shape index (κ2) is 12.1. The molecular formula is C25H30Cl2N6O3S2. The third-order valence-corrected chi connectivity index (χ3v) is 9.84. The highest BCUT2D eigenvalue weighted by Crippen LogP contribution is 2.29. The third-order valence-electron chi connectivity index (χ3n) is 6.75. The number of halogens is 2. The minimum absolute atomic E-state index is 0. The Labute approximate surface area is 239 Å². The van der Waals surface area contributed by atoms with E-state index in [1.165, 1.54) is 15.6 Å². The predicted molar refractivity (Wildman–Crippen MR) is 153 cm³/mol. The lowest BCUT2D eigenvalue weighted by Crippen LogP contribution is -2.50. The molecule has 1 N–H and O–H groups in total. The van der Waals surface area contributed by atoms with Crippen LogP contribution in [0.5, 0.6) is 0 Å². The van der Waals surface area contributed by atoms with E-state index in [1.807, 2.05) is 30.0 Å². The molecular weight excluding hydrogens is 567 g/mol. The summed E-state index contributed by atoms with van der Waals surface area (Å²) in [4.78, 5) is 26.3. The number of thiazole rings is 1. The fourth-order valence-electron chi connectivity index (χ4n) is 4.62. The molecule has 0 saturated carbocycles. The molecule has 5 rings (SSSR count). The molecule has 38 heavy (non-hydrogen) atoms. The predicted octanol–water partition coefficient (Wildman–Crippen LogP) is 3.86. The second-order valence-electron chi connectivity index (χ2n) is 9.05. The van der Waals surface area contributed by atoms with Gasteiger partial charge in [-0.05, 0) is 55.7 Å². The summed E-state index contributed by atoms with van der Waals surface area (Å²) in [6.07, 6.45) is 4.19. The molecule has 0 aliphatic carbocycles. The van der Waals surface area contributed by atoms with Crippen LogP contribution >= 0.6 is 36.2 Å². The van der Waals surface area contributed by atoms with Gasteiger partial charge in [-0.1, -0.05) is 6.07 Å². The monoisotopic (exact) mass is 596 g/mol. The van der Waals surface area contributed by atoms with Crippen LogP contribution in [0.4, 0.5) is 0 Å². The number of amides is 1. The molecule has 1 saturated heterocycles. The highest BCUT2D eigenvalue weighted by molar-refractivity contribution is 7.89. The summed E-state index contributed by atoms with van der Waals surface area (Å²) in [5.41, 5.74) is 3.67. The summed E-state index contributed by atoms with van der Waals surface area (Å²) >= 11 is 1.35. The van der Waals surface area contributed by atoms with Crippen molar-refractivity contribution >= 4 is 57.9 Å². The number of piperazine rings is 1. The van der Waals surface area contributed by atoms with Crippen LogP contribution in [0.3, 0.4) is 0 Å². The smallest absolute Gasteiger partial charge is 0.265 e. The number of nitrogens with one attached hydrogen (secondary N) is 1. The van der Waals surface area contributed by atoms with E-state index in [9.17, 15) is 13.2 Å². The highest BCUT2D eigenvalue weighted by Gasteiger charge is 2.32. The summed E-state index contributed by atoms with van der Waals surface area (Å²) in [7, 11) is -3.68. The van der Waals surface area contributed by atoms with Gasteiger partial charge in [-0.25, -0.2) is 13.4 Å². The summed E-state index contributed by atoms with van der Waals surface area (Å²) in [5, 5.41) is 8.67. The Balaban J connectivity index is 0.00000200. The molecule has 1 aromatic carbocycles. The third kappa shape index (κ3) is 5.86. The Morgan fingerprint density at radius 3 is 2.32 bits per heavy atom. The molecule has 13 heteroatoms. The number of sulfonamides is 1. The first-order valence-electron chi connectivity index (χ1n) is 11.8. The van der Waals surface area contributed by atoms with Crippen molar-refractivity contribution in [2.45, 2.75) is 31.7 Å². The molecule has 4 heterocycles. The second-order valence-corrected chi connectivity index (χ2v) is 12.0. The van der Waals surface area contributed by atoms with Crippen LogP contribution < -0.4 is 0 Å². The number of pyridine rings is 1. The summed E-state index contributed by atoms with van der Waals surface area (Å²) < 4.78 is 28.3. The first-order valence-corrected chi connectivity index (χ1v) is 14.1. The number of carbonyl (C=O) groups is 1. The van der Waals surface area contributed by atoms with Crippen molar-refractivity contribution in [3.05, 3.63) is 64.4 Å². The first-order chi connectivity index (χ1) is 17.2. The number of hydrogen-bond acceptors (Lipinski definition) is 7. The zero-order valence-corrected chi connectivity index (χ0v) is 24.4. The highest BCUT2D eigenvalue weighted by atomic mass is 35.5. The maximum Gasteiger partial charge on any atom is 0.265 e. The number of aromatic nitrogens is 2. The molecule has 1 amide bonds. The molecule has 204 valence electrons. The average molecular weight is 598 g/mol. The molecule has 2 aromatic heterocycles. The summed E-state index contributed by atoms with van der Waals surface area (Å²) in [5.74, 6) is 0.372. The normalized spacial score (nSPS) is 15.7. The fraction of sp³-hybridized carbons (Fsp3) is 0.360. The number of rotatable bonds is 4. The van der Waals surface area contributed by atoms with Crippen LogP contribution in [0, 0.1) is 12.3 Å². The minimum atomic E-state index is -3.68. The molecule has 2 aliphatic rings. The lowest BCUT2D eigenvalue weighted by atomic mass is 10.00. The van der Waals surface area contributed by atoms with Crippen molar-refractivity contribution in [1.29, 1.82) is 5.41 Å². The van der Waals surface area contributed by atoms with Gasteiger partial charge in [0.2, 0.25) is 10.0 Å². The van der Waals surface area contributed by atoms with Crippen LogP contribution in [0.25, 0.3) is 10.6 Å². The lowest BCUT2D eigenvalue weighted by molar-refractivity contribution is 0.0702. The first kappa shape index (κ1) is 30.0. The van der Waals surface area contributed by atoms with Gasteiger partial charge in [-0.2, -0.15) is 4.31 Å². The number of benzene rings is 1. The van der Waals surface area contributed by atoms with Gasteiger partial charge in [0.05, 0.1) is 16.4 Å². The van der Waals surface area contributed by atoms with Crippen LogP contribution in [-0.4, -0.2) is 77.0 Å². The molecule has 0 unspecified atom stereocenters. The molecule has 9 nitrogen and oxygen atoms in total. The number of aryl methyl sites for hydroxylation is 1. The average Bonchev–Trinajstić information content (AvgIpc) is 3.29. The van der Waals surface area contributed by atoms with E-state index in [4.69, 9.17) is 5.41 Å². The number of nitrogens with zero attached hydrogens (tertiary/aromatic N) is 5. The van der Waals surface area contributed by atoms with Crippen molar-refractivity contribution < 1.29 is 13.2 Å². The molecule has 1 fully saturated rings. The SMILES string of the molecule is CC(=N)N1CCc2ccc(S(=O)(=O)N3CCN(C(=O)c4sc(-c5ccncc5)nc4C)CC3)cc2C1.Cl.Cl. The topological polar surface area (TPSA) is 111 Å². The molecule has 0 bridgehead atoms. The number of carbonyl (C=O) groups excluding carboxylic acids is 1. The van der Waals surface area contributed by atoms with Gasteiger partial charge in [0, 0.05) is 57.2 Å². The van der Waals surface area contributed by atoms with E-state index < -0.39 is 10.0 Å². The van der Waals surface area contributed by atoms with E-state index in [0.717, 1.165) is 34.7 Å². The van der Waals surface area contributed by atoms with Crippen LogP contribution in [-0.2, 0) is 23.0 Å². The number of amidine groups is 1. The summed E-state index contributed by atoms with van der Waals surface area (Å²) in [6.45, 7) is 6.03. The Bertz CT molecular complexity index is 1420. The van der Waals surface area contributed by atoms with Crippen LogP contribution in [0.1, 0.15) is 33.4 Å². The fourth-order valence-corrected chi connectivity index (χ4v) is 7.13. The standard InChI is InChI=1S/C25H28N6O3S2.2ClH/c1-17-23(35-24(28-17)20-5-8-27-9-6-20)25(32)29-11-13-31(14-12-29)36(33,34)22-4-3-19-7-10-30(18(2)26)16-21(19)15-22;;/h3-6,8-9,15,26H,7,10-14,16H2,1-2H3;2*1H. The van der Waals surface area contributed by atoms with Gasteiger partial charge in [0.25, 0.3) is 5.91 Å². The molecule has 0 atom stereocenters. The lowest BCUT2D eigenvalue weighted by Gasteiger charge is -2.34. The van der Waals surface area contributed by atoms with Gasteiger partial charge in [-0.3, -0.25) is 15.2 Å². The van der Waals surface area contributed by atoms with Gasteiger partial charge >= 0.3 is 0 Å².